The minimum atomic E-state index is -0.877. The second-order valence-electron chi connectivity index (χ2n) is 3.76. The highest BCUT2D eigenvalue weighted by molar-refractivity contribution is 5.69. The molecule has 4 nitrogen and oxygen atoms in total. The van der Waals surface area contributed by atoms with Crippen molar-refractivity contribution in [3.63, 3.8) is 0 Å². The highest BCUT2D eigenvalue weighted by Gasteiger charge is 2.02. The van der Waals surface area contributed by atoms with Crippen LogP contribution in [0.2, 0.25) is 0 Å². The second-order valence-corrected chi connectivity index (χ2v) is 3.76. The summed E-state index contributed by atoms with van der Waals surface area (Å²) in [4.78, 5) is 14.4. The van der Waals surface area contributed by atoms with Crippen LogP contribution in [0.5, 0.6) is 5.75 Å². The van der Waals surface area contributed by atoms with Gasteiger partial charge in [0, 0.05) is 0 Å². The van der Waals surface area contributed by atoms with Gasteiger partial charge in [0.05, 0.1) is 24.9 Å². The van der Waals surface area contributed by atoms with Crippen molar-refractivity contribution >= 4 is 5.97 Å². The fourth-order valence-electron chi connectivity index (χ4n) is 1.02. The zero-order valence-electron chi connectivity index (χ0n) is 8.93. The molecular formula is C11H15NO3. The summed E-state index contributed by atoms with van der Waals surface area (Å²) < 4.78 is 5.42. The zero-order valence-corrected chi connectivity index (χ0v) is 8.93. The lowest BCUT2D eigenvalue weighted by Crippen LogP contribution is -2.06. The SMILES string of the molecule is CC(C)COc1ccc(CC(=O)O)nc1. The maximum Gasteiger partial charge on any atom is 0.309 e. The van der Waals surface area contributed by atoms with E-state index in [1.54, 1.807) is 18.3 Å². The summed E-state index contributed by atoms with van der Waals surface area (Å²) in [6.07, 6.45) is 1.51. The number of carboxylic acids is 1. The van der Waals surface area contributed by atoms with Crippen LogP contribution in [-0.4, -0.2) is 22.7 Å². The van der Waals surface area contributed by atoms with Crippen LogP contribution in [-0.2, 0) is 11.2 Å². The number of pyridine rings is 1. The van der Waals surface area contributed by atoms with Gasteiger partial charge in [-0.05, 0) is 18.1 Å². The topological polar surface area (TPSA) is 59.4 Å². The van der Waals surface area contributed by atoms with E-state index in [0.29, 0.717) is 24.0 Å². The van der Waals surface area contributed by atoms with Crippen molar-refractivity contribution < 1.29 is 14.6 Å². The summed E-state index contributed by atoms with van der Waals surface area (Å²) in [5, 5.41) is 8.54. The predicted molar refractivity (Wildman–Crippen MR) is 55.9 cm³/mol. The molecule has 0 unspecified atom stereocenters. The third-order valence-electron chi connectivity index (χ3n) is 1.71. The molecule has 1 aromatic heterocycles. The number of rotatable bonds is 5. The van der Waals surface area contributed by atoms with E-state index >= 15 is 0 Å². The molecule has 0 saturated heterocycles. The van der Waals surface area contributed by atoms with Crippen molar-refractivity contribution in [1.82, 2.24) is 4.98 Å². The molecule has 1 rings (SSSR count). The molecule has 1 aromatic rings. The van der Waals surface area contributed by atoms with Crippen LogP contribution >= 0.6 is 0 Å². The molecule has 0 fully saturated rings. The molecule has 82 valence electrons. The zero-order chi connectivity index (χ0) is 11.3. The molecule has 0 amide bonds. The first-order valence-corrected chi connectivity index (χ1v) is 4.87. The molecular weight excluding hydrogens is 194 g/mol. The van der Waals surface area contributed by atoms with Gasteiger partial charge in [-0.1, -0.05) is 13.8 Å². The Morgan fingerprint density at radius 2 is 2.27 bits per heavy atom. The predicted octanol–water partition coefficient (Wildman–Crippen LogP) is 1.74. The highest BCUT2D eigenvalue weighted by atomic mass is 16.5. The summed E-state index contributed by atoms with van der Waals surface area (Å²) in [5.74, 6) is 0.264. The molecule has 0 aliphatic carbocycles. The lowest BCUT2D eigenvalue weighted by Gasteiger charge is -2.08. The van der Waals surface area contributed by atoms with Crippen LogP contribution < -0.4 is 4.74 Å². The summed E-state index contributed by atoms with van der Waals surface area (Å²) in [6, 6.07) is 3.41. The number of aliphatic carboxylic acids is 1. The van der Waals surface area contributed by atoms with Gasteiger partial charge in [-0.2, -0.15) is 0 Å². The number of nitrogens with zero attached hydrogens (tertiary/aromatic N) is 1. The monoisotopic (exact) mass is 209 g/mol. The minimum absolute atomic E-state index is 0.0511. The number of aromatic nitrogens is 1. The van der Waals surface area contributed by atoms with E-state index < -0.39 is 5.97 Å². The molecule has 4 heteroatoms. The van der Waals surface area contributed by atoms with Crippen LogP contribution in [0.1, 0.15) is 19.5 Å². The molecule has 0 atom stereocenters. The van der Waals surface area contributed by atoms with E-state index in [-0.39, 0.29) is 6.42 Å². The quantitative estimate of drug-likeness (QED) is 0.802. The Balaban J connectivity index is 2.52. The van der Waals surface area contributed by atoms with Crippen molar-refractivity contribution in [2.75, 3.05) is 6.61 Å². The Labute approximate surface area is 88.9 Å². The van der Waals surface area contributed by atoms with Gasteiger partial charge < -0.3 is 9.84 Å². The van der Waals surface area contributed by atoms with E-state index in [1.165, 1.54) is 0 Å². The number of carbonyl (C=O) groups is 1. The van der Waals surface area contributed by atoms with Gasteiger partial charge >= 0.3 is 5.97 Å². The van der Waals surface area contributed by atoms with Gasteiger partial charge in [0.2, 0.25) is 0 Å². The van der Waals surface area contributed by atoms with Crippen LogP contribution in [0, 0.1) is 5.92 Å². The Morgan fingerprint density at radius 1 is 1.53 bits per heavy atom. The van der Waals surface area contributed by atoms with Gasteiger partial charge in [-0.25, -0.2) is 0 Å². The van der Waals surface area contributed by atoms with Crippen molar-refractivity contribution in [1.29, 1.82) is 0 Å². The Hall–Kier alpha value is -1.58. The molecule has 1 N–H and O–H groups in total. The van der Waals surface area contributed by atoms with Crippen LogP contribution in [0.4, 0.5) is 0 Å². The maximum atomic E-state index is 10.4. The summed E-state index contributed by atoms with van der Waals surface area (Å²) in [6.45, 7) is 4.76. The van der Waals surface area contributed by atoms with E-state index in [9.17, 15) is 4.79 Å². The van der Waals surface area contributed by atoms with E-state index in [0.717, 1.165) is 0 Å². The fraction of sp³-hybridized carbons (Fsp3) is 0.455. The molecule has 0 radical (unpaired) electrons. The molecule has 0 aliphatic heterocycles. The molecule has 0 saturated carbocycles. The average molecular weight is 209 g/mol. The van der Waals surface area contributed by atoms with Crippen LogP contribution in [0.25, 0.3) is 0 Å². The highest BCUT2D eigenvalue weighted by Crippen LogP contribution is 2.10. The number of carboxylic acid groups (broad SMARTS) is 1. The van der Waals surface area contributed by atoms with Crippen molar-refractivity contribution in [3.8, 4) is 5.75 Å². The summed E-state index contributed by atoms with van der Waals surface area (Å²) in [5.41, 5.74) is 0.541. The number of hydrogen-bond acceptors (Lipinski definition) is 3. The number of ether oxygens (including phenoxy) is 1. The summed E-state index contributed by atoms with van der Waals surface area (Å²) >= 11 is 0. The van der Waals surface area contributed by atoms with Crippen molar-refractivity contribution in [3.05, 3.63) is 24.0 Å². The number of hydrogen-bond donors (Lipinski definition) is 1. The largest absolute Gasteiger partial charge is 0.492 e. The van der Waals surface area contributed by atoms with Gasteiger partial charge in [0.25, 0.3) is 0 Å². The molecule has 1 heterocycles. The average Bonchev–Trinajstić information content (AvgIpc) is 2.16. The van der Waals surface area contributed by atoms with Crippen LogP contribution in [0.3, 0.4) is 0 Å². The minimum Gasteiger partial charge on any atom is -0.492 e. The fourth-order valence-corrected chi connectivity index (χ4v) is 1.02. The summed E-state index contributed by atoms with van der Waals surface area (Å²) in [7, 11) is 0. The molecule has 0 spiro atoms. The third-order valence-corrected chi connectivity index (χ3v) is 1.71. The lowest BCUT2D eigenvalue weighted by atomic mass is 10.2. The molecule has 15 heavy (non-hydrogen) atoms. The van der Waals surface area contributed by atoms with Crippen molar-refractivity contribution in [2.45, 2.75) is 20.3 Å². The van der Waals surface area contributed by atoms with Crippen LogP contribution in [0.15, 0.2) is 18.3 Å². The van der Waals surface area contributed by atoms with E-state index in [1.807, 2.05) is 0 Å². The van der Waals surface area contributed by atoms with Gasteiger partial charge in [-0.3, -0.25) is 9.78 Å². The lowest BCUT2D eigenvalue weighted by molar-refractivity contribution is -0.136. The van der Waals surface area contributed by atoms with E-state index in [4.69, 9.17) is 9.84 Å². The molecule has 0 aliphatic rings. The molecule has 0 bridgehead atoms. The first-order valence-electron chi connectivity index (χ1n) is 4.87. The Kier molecular flexibility index (Phi) is 4.09. The molecule has 0 aromatic carbocycles. The smallest absolute Gasteiger partial charge is 0.309 e. The van der Waals surface area contributed by atoms with Gasteiger partial charge in [-0.15, -0.1) is 0 Å². The normalized spacial score (nSPS) is 10.3. The Bertz CT molecular complexity index is 319. The van der Waals surface area contributed by atoms with E-state index in [2.05, 4.69) is 18.8 Å². The third kappa shape index (κ3) is 4.44. The van der Waals surface area contributed by atoms with Gasteiger partial charge in [0.15, 0.2) is 0 Å². The second kappa shape index (κ2) is 5.34. The van der Waals surface area contributed by atoms with Crippen molar-refractivity contribution in [2.24, 2.45) is 5.92 Å². The first-order chi connectivity index (χ1) is 7.08. The first kappa shape index (κ1) is 11.5. The van der Waals surface area contributed by atoms with Gasteiger partial charge in [0.1, 0.15) is 5.75 Å². The maximum absolute atomic E-state index is 10.4. The standard InChI is InChI=1S/C11H15NO3/c1-8(2)7-15-10-4-3-9(12-6-10)5-11(13)14/h3-4,6,8H,5,7H2,1-2H3,(H,13,14). The Morgan fingerprint density at radius 3 is 2.73 bits per heavy atom.